The summed E-state index contributed by atoms with van der Waals surface area (Å²) in [5, 5.41) is 4.45. The van der Waals surface area contributed by atoms with Gasteiger partial charge in [0, 0.05) is 28.8 Å². The molecule has 7 heteroatoms. The Morgan fingerprint density at radius 2 is 1.41 bits per heavy atom. The fourth-order valence-corrected chi connectivity index (χ4v) is 2.44. The van der Waals surface area contributed by atoms with Crippen LogP contribution in [0, 0.1) is 0 Å². The third kappa shape index (κ3) is 5.56. The van der Waals surface area contributed by atoms with Gasteiger partial charge >= 0.3 is 0 Å². The molecule has 142 valence electrons. The number of nitrogens with zero attached hydrogens (tertiary/aromatic N) is 1. The van der Waals surface area contributed by atoms with Crippen LogP contribution in [-0.2, 0) is 4.79 Å². The molecule has 3 amide bonds. The highest BCUT2D eigenvalue weighted by molar-refractivity contribution is 6.30. The molecule has 0 heterocycles. The zero-order chi connectivity index (χ0) is 20.2. The summed E-state index contributed by atoms with van der Waals surface area (Å²) in [6, 6.07) is 12.9. The molecule has 0 saturated carbocycles. The first kappa shape index (κ1) is 20.5. The zero-order valence-electron chi connectivity index (χ0n) is 15.7. The molecule has 0 aromatic heterocycles. The van der Waals surface area contributed by atoms with E-state index in [1.807, 2.05) is 20.8 Å². The van der Waals surface area contributed by atoms with E-state index >= 15 is 0 Å². The lowest BCUT2D eigenvalue weighted by Gasteiger charge is -2.35. The minimum atomic E-state index is -0.650. The average Bonchev–Trinajstić information content (AvgIpc) is 2.58. The van der Waals surface area contributed by atoms with Crippen LogP contribution in [0.2, 0.25) is 5.02 Å². The summed E-state index contributed by atoms with van der Waals surface area (Å²) in [5.41, 5.74) is 3.38. The predicted molar refractivity (Wildman–Crippen MR) is 106 cm³/mol. The molecule has 0 aliphatic heterocycles. The van der Waals surface area contributed by atoms with Crippen molar-refractivity contribution >= 4 is 35.0 Å². The molecule has 2 aromatic rings. The molecule has 0 bridgehead atoms. The topological polar surface area (TPSA) is 78.5 Å². The summed E-state index contributed by atoms with van der Waals surface area (Å²) in [7, 11) is 0. The highest BCUT2D eigenvalue weighted by atomic mass is 35.5. The normalized spacial score (nSPS) is 10.9. The number of hydrogen-bond acceptors (Lipinski definition) is 3. The maximum absolute atomic E-state index is 12.9. The summed E-state index contributed by atoms with van der Waals surface area (Å²) in [6.45, 7) is 6.87. The number of hydrazine groups is 1. The van der Waals surface area contributed by atoms with Crippen molar-refractivity contribution < 1.29 is 14.4 Å². The van der Waals surface area contributed by atoms with Crippen molar-refractivity contribution in [2.24, 2.45) is 0 Å². The van der Waals surface area contributed by atoms with Crippen LogP contribution in [0.1, 0.15) is 48.4 Å². The van der Waals surface area contributed by atoms with Gasteiger partial charge in [-0.3, -0.25) is 19.8 Å². The lowest BCUT2D eigenvalue weighted by atomic mass is 10.1. The molecule has 0 fully saturated rings. The van der Waals surface area contributed by atoms with Crippen molar-refractivity contribution in [1.29, 1.82) is 0 Å². The van der Waals surface area contributed by atoms with Gasteiger partial charge in [0.2, 0.25) is 5.91 Å². The van der Waals surface area contributed by atoms with Crippen molar-refractivity contribution in [3.8, 4) is 0 Å². The Bertz CT molecular complexity index is 840. The quantitative estimate of drug-likeness (QED) is 0.784. The Labute approximate surface area is 163 Å². The summed E-state index contributed by atoms with van der Waals surface area (Å²) in [6.07, 6.45) is 0. The maximum atomic E-state index is 12.9. The monoisotopic (exact) mass is 387 g/mol. The second-order valence-electron chi connectivity index (χ2n) is 7.02. The smallest absolute Gasteiger partial charge is 0.272 e. The van der Waals surface area contributed by atoms with E-state index in [0.717, 1.165) is 0 Å². The molecule has 2 rings (SSSR count). The Kier molecular flexibility index (Phi) is 6.23. The van der Waals surface area contributed by atoms with Crippen molar-refractivity contribution in [2.75, 3.05) is 5.32 Å². The lowest BCUT2D eigenvalue weighted by Crippen LogP contribution is -2.55. The summed E-state index contributed by atoms with van der Waals surface area (Å²) in [4.78, 5) is 36.6. The van der Waals surface area contributed by atoms with Gasteiger partial charge in [0.1, 0.15) is 0 Å². The molecule has 0 unspecified atom stereocenters. The first-order chi connectivity index (χ1) is 12.6. The van der Waals surface area contributed by atoms with Crippen LogP contribution < -0.4 is 10.7 Å². The maximum Gasteiger partial charge on any atom is 0.272 e. The Balaban J connectivity index is 2.20. The average molecular weight is 388 g/mol. The minimum absolute atomic E-state index is 0.195. The standard InChI is InChI=1S/C20H22ClN3O3/c1-13(25)22-17-11-7-14(8-12-17)18(26)23-24(20(2,3)4)19(27)15-5-9-16(21)10-6-15/h5-12H,1-4H3,(H,22,25)(H,23,26). The van der Waals surface area contributed by atoms with Crippen molar-refractivity contribution in [1.82, 2.24) is 10.4 Å². The van der Waals surface area contributed by atoms with Crippen molar-refractivity contribution in [3.63, 3.8) is 0 Å². The fourth-order valence-electron chi connectivity index (χ4n) is 2.32. The molecule has 0 atom stereocenters. The second kappa shape index (κ2) is 8.22. The summed E-state index contributed by atoms with van der Waals surface area (Å²) >= 11 is 5.87. The number of benzene rings is 2. The van der Waals surface area contributed by atoms with E-state index in [4.69, 9.17) is 11.6 Å². The molecule has 0 aliphatic rings. The molecule has 2 aromatic carbocycles. The van der Waals surface area contributed by atoms with Gasteiger partial charge in [-0.05, 0) is 69.3 Å². The highest BCUT2D eigenvalue weighted by Gasteiger charge is 2.29. The summed E-state index contributed by atoms with van der Waals surface area (Å²) in [5.74, 6) is -0.969. The van der Waals surface area contributed by atoms with E-state index in [1.54, 1.807) is 48.5 Å². The lowest BCUT2D eigenvalue weighted by molar-refractivity contribution is -0.114. The molecule has 0 saturated heterocycles. The van der Waals surface area contributed by atoms with Crippen LogP contribution in [0.15, 0.2) is 48.5 Å². The molecule has 2 N–H and O–H groups in total. The van der Waals surface area contributed by atoms with Gasteiger partial charge in [-0.1, -0.05) is 11.6 Å². The van der Waals surface area contributed by atoms with Crippen molar-refractivity contribution in [2.45, 2.75) is 33.2 Å². The van der Waals surface area contributed by atoms with Crippen LogP contribution in [0.4, 0.5) is 5.69 Å². The van der Waals surface area contributed by atoms with E-state index in [1.165, 1.54) is 11.9 Å². The number of carbonyl (C=O) groups is 3. The van der Waals surface area contributed by atoms with Gasteiger partial charge in [-0.2, -0.15) is 0 Å². The fraction of sp³-hybridized carbons (Fsp3) is 0.250. The van der Waals surface area contributed by atoms with Crippen LogP contribution in [-0.4, -0.2) is 28.3 Å². The van der Waals surface area contributed by atoms with Gasteiger partial charge in [-0.15, -0.1) is 0 Å². The number of nitrogens with one attached hydrogen (secondary N) is 2. The highest BCUT2D eigenvalue weighted by Crippen LogP contribution is 2.18. The molecule has 6 nitrogen and oxygen atoms in total. The van der Waals surface area contributed by atoms with Crippen LogP contribution in [0.3, 0.4) is 0 Å². The van der Waals surface area contributed by atoms with Gasteiger partial charge < -0.3 is 5.32 Å². The molecule has 0 radical (unpaired) electrons. The predicted octanol–water partition coefficient (Wildman–Crippen LogP) is 3.88. The van der Waals surface area contributed by atoms with E-state index in [-0.39, 0.29) is 11.8 Å². The van der Waals surface area contributed by atoms with E-state index in [9.17, 15) is 14.4 Å². The first-order valence-electron chi connectivity index (χ1n) is 8.36. The van der Waals surface area contributed by atoms with E-state index < -0.39 is 11.4 Å². The zero-order valence-corrected chi connectivity index (χ0v) is 16.4. The SMILES string of the molecule is CC(=O)Nc1ccc(C(=O)NN(C(=O)c2ccc(Cl)cc2)C(C)(C)C)cc1. The third-order valence-corrected chi connectivity index (χ3v) is 3.90. The molecule has 27 heavy (non-hydrogen) atoms. The largest absolute Gasteiger partial charge is 0.326 e. The van der Waals surface area contributed by atoms with Gasteiger partial charge in [0.05, 0.1) is 5.54 Å². The Morgan fingerprint density at radius 1 is 0.889 bits per heavy atom. The molecular weight excluding hydrogens is 366 g/mol. The number of carbonyl (C=O) groups excluding carboxylic acids is 3. The number of rotatable bonds is 3. The third-order valence-electron chi connectivity index (χ3n) is 3.65. The van der Waals surface area contributed by atoms with Gasteiger partial charge in [0.15, 0.2) is 0 Å². The molecule has 0 aliphatic carbocycles. The van der Waals surface area contributed by atoms with E-state index in [0.29, 0.717) is 21.8 Å². The number of hydrogen-bond donors (Lipinski definition) is 2. The number of anilines is 1. The molecule has 0 spiro atoms. The van der Waals surface area contributed by atoms with E-state index in [2.05, 4.69) is 10.7 Å². The van der Waals surface area contributed by atoms with Gasteiger partial charge in [-0.25, -0.2) is 5.01 Å². The number of halogens is 1. The molecular formula is C20H22ClN3O3. The minimum Gasteiger partial charge on any atom is -0.326 e. The van der Waals surface area contributed by atoms with Crippen LogP contribution >= 0.6 is 11.6 Å². The van der Waals surface area contributed by atoms with Crippen LogP contribution in [0.25, 0.3) is 0 Å². The first-order valence-corrected chi connectivity index (χ1v) is 8.74. The Hall–Kier alpha value is -2.86. The number of amides is 3. The van der Waals surface area contributed by atoms with Crippen LogP contribution in [0.5, 0.6) is 0 Å². The second-order valence-corrected chi connectivity index (χ2v) is 7.45. The van der Waals surface area contributed by atoms with Crippen molar-refractivity contribution in [3.05, 3.63) is 64.7 Å². The Morgan fingerprint density at radius 3 is 1.89 bits per heavy atom. The summed E-state index contributed by atoms with van der Waals surface area (Å²) < 4.78 is 0. The van der Waals surface area contributed by atoms with Gasteiger partial charge in [0.25, 0.3) is 11.8 Å².